The third-order valence-electron chi connectivity index (χ3n) is 2.18. The Morgan fingerprint density at radius 1 is 1.29 bits per heavy atom. The Kier molecular flexibility index (Phi) is 5.25. The fraction of sp³-hybridized carbons (Fsp3) is 0.778. The summed E-state index contributed by atoms with van der Waals surface area (Å²) in [5, 5.41) is 8.52. The predicted octanol–water partition coefficient (Wildman–Crippen LogP) is 1.97. The van der Waals surface area contributed by atoms with Gasteiger partial charge in [0.05, 0.1) is 5.75 Å². The summed E-state index contributed by atoms with van der Waals surface area (Å²) in [6.45, 7) is 1.98. The molecule has 0 unspecified atom stereocenters. The maximum Gasteiger partial charge on any atom is 0.313 e. The Labute approximate surface area is 93.9 Å². The van der Waals surface area contributed by atoms with Crippen LogP contribution >= 0.6 is 24.0 Å². The fourth-order valence-corrected chi connectivity index (χ4v) is 2.44. The normalized spacial score (nSPS) is 17.6. The van der Waals surface area contributed by atoms with Gasteiger partial charge in [0.25, 0.3) is 0 Å². The summed E-state index contributed by atoms with van der Waals surface area (Å²) in [5.74, 6) is -0.720. The molecule has 1 N–H and O–H groups in total. The van der Waals surface area contributed by atoms with E-state index in [0.29, 0.717) is 0 Å². The van der Waals surface area contributed by atoms with E-state index in [1.54, 1.807) is 0 Å². The summed E-state index contributed by atoms with van der Waals surface area (Å²) < 4.78 is 0.745. The van der Waals surface area contributed by atoms with Gasteiger partial charge in [-0.2, -0.15) is 0 Å². The monoisotopic (exact) mass is 233 g/mol. The lowest BCUT2D eigenvalue weighted by atomic mass is 10.2. The molecule has 0 radical (unpaired) electrons. The molecule has 0 amide bonds. The molecular weight excluding hydrogens is 218 g/mol. The Bertz CT molecular complexity index is 213. The maximum absolute atomic E-state index is 10.4. The molecule has 14 heavy (non-hydrogen) atoms. The molecule has 0 aromatic rings. The van der Waals surface area contributed by atoms with E-state index in [-0.39, 0.29) is 5.75 Å². The second kappa shape index (κ2) is 6.24. The van der Waals surface area contributed by atoms with Crippen molar-refractivity contribution in [3.05, 3.63) is 0 Å². The van der Waals surface area contributed by atoms with E-state index in [1.165, 1.54) is 37.4 Å². The number of aliphatic carboxylic acids is 1. The first-order valence-corrected chi connectivity index (χ1v) is 6.23. The van der Waals surface area contributed by atoms with Crippen LogP contribution in [0.25, 0.3) is 0 Å². The first-order valence-electron chi connectivity index (χ1n) is 4.83. The van der Waals surface area contributed by atoms with Crippen LogP contribution in [0.5, 0.6) is 0 Å². The molecule has 80 valence electrons. The molecule has 1 rings (SSSR count). The number of nitrogens with zero attached hydrogens (tertiary/aromatic N) is 1. The Morgan fingerprint density at radius 3 is 2.36 bits per heavy atom. The molecule has 1 saturated heterocycles. The van der Waals surface area contributed by atoms with E-state index < -0.39 is 5.97 Å². The van der Waals surface area contributed by atoms with Crippen molar-refractivity contribution in [3.8, 4) is 0 Å². The molecular formula is C9H15NO2S2. The standard InChI is InChI=1S/C9H15NO2S2/c11-8(12)7-14-9(13)10-5-3-1-2-4-6-10/h1-7H2,(H,11,12). The summed E-state index contributed by atoms with van der Waals surface area (Å²) in [4.78, 5) is 12.5. The molecule has 1 aliphatic heterocycles. The van der Waals surface area contributed by atoms with Crippen molar-refractivity contribution in [1.29, 1.82) is 0 Å². The lowest BCUT2D eigenvalue weighted by Crippen LogP contribution is -2.28. The van der Waals surface area contributed by atoms with E-state index in [4.69, 9.17) is 17.3 Å². The summed E-state index contributed by atoms with van der Waals surface area (Å²) in [6, 6.07) is 0. The Hall–Kier alpha value is -0.290. The van der Waals surface area contributed by atoms with E-state index in [2.05, 4.69) is 4.90 Å². The summed E-state index contributed by atoms with van der Waals surface area (Å²) in [7, 11) is 0. The van der Waals surface area contributed by atoms with Gasteiger partial charge in [0.2, 0.25) is 0 Å². The highest BCUT2D eigenvalue weighted by Crippen LogP contribution is 2.15. The molecule has 0 aromatic heterocycles. The molecule has 1 aliphatic rings. The molecule has 0 aromatic carbocycles. The largest absolute Gasteiger partial charge is 0.481 e. The van der Waals surface area contributed by atoms with Crippen LogP contribution in [0.15, 0.2) is 0 Å². The number of carboxylic acids is 1. The third kappa shape index (κ3) is 4.28. The van der Waals surface area contributed by atoms with Crippen LogP contribution in [0, 0.1) is 0 Å². The third-order valence-corrected chi connectivity index (χ3v) is 3.69. The van der Waals surface area contributed by atoms with Gasteiger partial charge in [0.15, 0.2) is 0 Å². The minimum Gasteiger partial charge on any atom is -0.481 e. The average Bonchev–Trinajstić information content (AvgIpc) is 2.42. The summed E-state index contributed by atoms with van der Waals surface area (Å²) in [6.07, 6.45) is 4.88. The number of hydrogen-bond donors (Lipinski definition) is 1. The van der Waals surface area contributed by atoms with Crippen LogP contribution in [-0.4, -0.2) is 39.1 Å². The first kappa shape index (κ1) is 11.8. The second-order valence-electron chi connectivity index (χ2n) is 3.35. The molecule has 0 aliphatic carbocycles. The Balaban J connectivity index is 2.30. The van der Waals surface area contributed by atoms with Crippen molar-refractivity contribution >= 4 is 34.3 Å². The number of thiocarbonyl (C=S) groups is 1. The van der Waals surface area contributed by atoms with Gasteiger partial charge in [0, 0.05) is 13.1 Å². The van der Waals surface area contributed by atoms with Gasteiger partial charge < -0.3 is 10.0 Å². The van der Waals surface area contributed by atoms with E-state index in [1.807, 2.05) is 0 Å². The average molecular weight is 233 g/mol. The van der Waals surface area contributed by atoms with Crippen molar-refractivity contribution in [3.63, 3.8) is 0 Å². The van der Waals surface area contributed by atoms with Gasteiger partial charge in [-0.25, -0.2) is 0 Å². The lowest BCUT2D eigenvalue weighted by Gasteiger charge is -2.21. The summed E-state index contributed by atoms with van der Waals surface area (Å²) >= 11 is 6.44. The molecule has 0 spiro atoms. The quantitative estimate of drug-likeness (QED) is 0.738. The second-order valence-corrected chi connectivity index (χ2v) is 4.96. The van der Waals surface area contributed by atoms with Crippen molar-refractivity contribution < 1.29 is 9.90 Å². The molecule has 0 atom stereocenters. The van der Waals surface area contributed by atoms with Gasteiger partial charge in [-0.15, -0.1) is 0 Å². The fourth-order valence-electron chi connectivity index (χ4n) is 1.47. The van der Waals surface area contributed by atoms with E-state index >= 15 is 0 Å². The van der Waals surface area contributed by atoms with Crippen LogP contribution < -0.4 is 0 Å². The smallest absolute Gasteiger partial charge is 0.313 e. The van der Waals surface area contributed by atoms with Gasteiger partial charge >= 0.3 is 5.97 Å². The number of likely N-dealkylation sites (tertiary alicyclic amines) is 1. The van der Waals surface area contributed by atoms with Crippen molar-refractivity contribution in [2.24, 2.45) is 0 Å². The zero-order valence-electron chi connectivity index (χ0n) is 8.07. The molecule has 5 heteroatoms. The van der Waals surface area contributed by atoms with E-state index in [9.17, 15) is 4.79 Å². The van der Waals surface area contributed by atoms with Gasteiger partial charge in [-0.05, 0) is 12.8 Å². The molecule has 3 nitrogen and oxygen atoms in total. The molecule has 1 heterocycles. The zero-order valence-corrected chi connectivity index (χ0v) is 9.70. The zero-order chi connectivity index (χ0) is 10.4. The van der Waals surface area contributed by atoms with Crippen molar-refractivity contribution in [2.75, 3.05) is 18.8 Å². The van der Waals surface area contributed by atoms with Crippen LogP contribution in [0.1, 0.15) is 25.7 Å². The summed E-state index contributed by atoms with van der Waals surface area (Å²) in [5.41, 5.74) is 0. The van der Waals surface area contributed by atoms with Gasteiger partial charge in [-0.1, -0.05) is 36.8 Å². The predicted molar refractivity (Wildman–Crippen MR) is 62.7 cm³/mol. The molecule has 0 bridgehead atoms. The van der Waals surface area contributed by atoms with Crippen molar-refractivity contribution in [2.45, 2.75) is 25.7 Å². The maximum atomic E-state index is 10.4. The highest BCUT2D eigenvalue weighted by atomic mass is 32.2. The number of carbonyl (C=O) groups is 1. The molecule has 0 saturated carbocycles. The van der Waals surface area contributed by atoms with Crippen LogP contribution in [0.3, 0.4) is 0 Å². The van der Waals surface area contributed by atoms with Crippen LogP contribution in [-0.2, 0) is 4.79 Å². The number of rotatable bonds is 2. The Morgan fingerprint density at radius 2 is 1.86 bits per heavy atom. The lowest BCUT2D eigenvalue weighted by molar-refractivity contribution is -0.133. The van der Waals surface area contributed by atoms with Crippen LogP contribution in [0.4, 0.5) is 0 Å². The van der Waals surface area contributed by atoms with Crippen molar-refractivity contribution in [1.82, 2.24) is 4.90 Å². The highest BCUT2D eigenvalue weighted by molar-refractivity contribution is 8.23. The van der Waals surface area contributed by atoms with Crippen LogP contribution in [0.2, 0.25) is 0 Å². The number of carboxylic acid groups (broad SMARTS) is 1. The van der Waals surface area contributed by atoms with E-state index in [0.717, 1.165) is 17.4 Å². The van der Waals surface area contributed by atoms with Gasteiger partial charge in [0.1, 0.15) is 4.32 Å². The SMILES string of the molecule is O=C(O)CSC(=S)N1CCCCCC1. The minimum absolute atomic E-state index is 0.0787. The number of thioether (sulfide) groups is 1. The topological polar surface area (TPSA) is 40.5 Å². The molecule has 1 fully saturated rings. The number of hydrogen-bond acceptors (Lipinski definition) is 3. The highest BCUT2D eigenvalue weighted by Gasteiger charge is 2.13. The minimum atomic E-state index is -0.799. The van der Waals surface area contributed by atoms with Gasteiger partial charge in [-0.3, -0.25) is 4.79 Å². The first-order chi connectivity index (χ1) is 6.70.